The molecule has 0 bridgehead atoms. The quantitative estimate of drug-likeness (QED) is 0.530. The van der Waals surface area contributed by atoms with Crippen molar-refractivity contribution >= 4 is 0 Å². The van der Waals surface area contributed by atoms with Crippen LogP contribution in [0.5, 0.6) is 0 Å². The van der Waals surface area contributed by atoms with Gasteiger partial charge in [0.25, 0.3) is 0 Å². The van der Waals surface area contributed by atoms with Crippen LogP contribution in [0, 0.1) is 0 Å². The Morgan fingerprint density at radius 2 is 1.83 bits per heavy atom. The van der Waals surface area contributed by atoms with Crippen LogP contribution in [0.25, 0.3) is 0 Å². The van der Waals surface area contributed by atoms with Gasteiger partial charge in [-0.25, -0.2) is 0 Å². The summed E-state index contributed by atoms with van der Waals surface area (Å²) in [6, 6.07) is 0.319. The lowest BCUT2D eigenvalue weighted by Crippen LogP contribution is -2.48. The molecule has 5 heteroatoms. The van der Waals surface area contributed by atoms with Crippen molar-refractivity contribution in [3.8, 4) is 0 Å². The van der Waals surface area contributed by atoms with Gasteiger partial charge in [-0.3, -0.25) is 4.90 Å². The minimum absolute atomic E-state index is 0.00747. The maximum absolute atomic E-state index is 9.23. The first kappa shape index (κ1) is 17.8. The number of rotatable bonds is 11. The molecule has 0 amide bonds. The van der Waals surface area contributed by atoms with E-state index in [-0.39, 0.29) is 6.61 Å². The fraction of sp³-hybridized carbons (Fsp3) is 1.00. The lowest BCUT2D eigenvalue weighted by molar-refractivity contribution is 0.0908. The second-order valence-electron chi connectivity index (χ2n) is 5.24. The Hall–Kier alpha value is -0.200. The van der Waals surface area contributed by atoms with Gasteiger partial charge in [-0.05, 0) is 26.7 Å². The van der Waals surface area contributed by atoms with Gasteiger partial charge in [-0.1, -0.05) is 0 Å². The number of nitrogens with zero attached hydrogens (tertiary/aromatic N) is 1. The molecule has 3 N–H and O–H groups in total. The summed E-state index contributed by atoms with van der Waals surface area (Å²) in [7, 11) is 3.42. The zero-order chi connectivity index (χ0) is 14.0. The molecular formula is C13H30N2O3. The zero-order valence-electron chi connectivity index (χ0n) is 12.3. The summed E-state index contributed by atoms with van der Waals surface area (Å²) in [4.78, 5) is 2.34. The molecule has 0 fully saturated rings. The molecule has 0 aliphatic rings. The van der Waals surface area contributed by atoms with Gasteiger partial charge < -0.3 is 20.3 Å². The first-order valence-corrected chi connectivity index (χ1v) is 6.58. The van der Waals surface area contributed by atoms with Gasteiger partial charge >= 0.3 is 0 Å². The van der Waals surface area contributed by atoms with E-state index < -0.39 is 5.54 Å². The minimum atomic E-state index is -0.522. The molecule has 0 saturated carbocycles. The largest absolute Gasteiger partial charge is 0.394 e. The third-order valence-electron chi connectivity index (χ3n) is 3.12. The van der Waals surface area contributed by atoms with Crippen molar-refractivity contribution in [3.05, 3.63) is 0 Å². The van der Waals surface area contributed by atoms with Crippen molar-refractivity contribution in [3.63, 3.8) is 0 Å². The minimum Gasteiger partial charge on any atom is -0.394 e. The molecule has 0 aromatic rings. The van der Waals surface area contributed by atoms with Crippen LogP contribution in [0.15, 0.2) is 0 Å². The maximum Gasteiger partial charge on any atom is 0.0609 e. The highest BCUT2D eigenvalue weighted by Crippen LogP contribution is 2.13. The Balaban J connectivity index is 4.24. The van der Waals surface area contributed by atoms with Gasteiger partial charge in [-0.2, -0.15) is 0 Å². The SMILES string of the molecule is COCCCN(CCOC)C(C)CC(C)(N)CO. The average molecular weight is 262 g/mol. The van der Waals surface area contributed by atoms with Crippen molar-refractivity contribution in [2.45, 2.75) is 38.3 Å². The molecule has 0 aliphatic carbocycles. The molecule has 0 aliphatic heterocycles. The molecule has 0 aromatic heterocycles. The third-order valence-corrected chi connectivity index (χ3v) is 3.12. The first-order valence-electron chi connectivity index (χ1n) is 6.58. The Bertz CT molecular complexity index is 201. The molecule has 0 saturated heterocycles. The highest BCUT2D eigenvalue weighted by atomic mass is 16.5. The number of ether oxygens (including phenoxy) is 2. The molecule has 0 aromatic carbocycles. The molecule has 110 valence electrons. The van der Waals surface area contributed by atoms with Crippen molar-refractivity contribution < 1.29 is 14.6 Å². The van der Waals surface area contributed by atoms with E-state index >= 15 is 0 Å². The fourth-order valence-corrected chi connectivity index (χ4v) is 2.04. The number of nitrogens with two attached hydrogens (primary N) is 1. The number of methoxy groups -OCH3 is 2. The van der Waals surface area contributed by atoms with E-state index in [0.29, 0.717) is 12.6 Å². The van der Waals surface area contributed by atoms with Crippen LogP contribution in [0.2, 0.25) is 0 Å². The number of aliphatic hydroxyl groups is 1. The van der Waals surface area contributed by atoms with Crippen LogP contribution in [-0.4, -0.2) is 68.7 Å². The second kappa shape index (κ2) is 9.69. The van der Waals surface area contributed by atoms with E-state index in [0.717, 1.165) is 32.5 Å². The summed E-state index contributed by atoms with van der Waals surface area (Å²) >= 11 is 0. The van der Waals surface area contributed by atoms with Crippen molar-refractivity contribution in [2.24, 2.45) is 5.73 Å². The van der Waals surface area contributed by atoms with Gasteiger partial charge in [0.2, 0.25) is 0 Å². The van der Waals surface area contributed by atoms with E-state index in [1.54, 1.807) is 14.2 Å². The molecule has 0 spiro atoms. The van der Waals surface area contributed by atoms with Crippen LogP contribution in [0.1, 0.15) is 26.7 Å². The molecule has 5 nitrogen and oxygen atoms in total. The lowest BCUT2D eigenvalue weighted by atomic mass is 9.95. The predicted octanol–water partition coefficient (Wildman–Crippen LogP) is 0.460. The normalized spacial score (nSPS) is 16.8. The molecule has 2 unspecified atom stereocenters. The molecule has 2 atom stereocenters. The van der Waals surface area contributed by atoms with Gasteiger partial charge in [0.15, 0.2) is 0 Å². The van der Waals surface area contributed by atoms with Crippen molar-refractivity contribution in [1.29, 1.82) is 0 Å². The monoisotopic (exact) mass is 262 g/mol. The van der Waals surface area contributed by atoms with Gasteiger partial charge in [-0.15, -0.1) is 0 Å². The highest BCUT2D eigenvalue weighted by molar-refractivity contribution is 4.83. The Labute approximate surface area is 111 Å². The Kier molecular flexibility index (Phi) is 9.59. The molecule has 0 heterocycles. The first-order chi connectivity index (χ1) is 8.46. The summed E-state index contributed by atoms with van der Waals surface area (Å²) in [5.74, 6) is 0. The fourth-order valence-electron chi connectivity index (χ4n) is 2.04. The van der Waals surface area contributed by atoms with Crippen molar-refractivity contribution in [2.75, 3.05) is 47.1 Å². The third kappa shape index (κ3) is 8.00. The van der Waals surface area contributed by atoms with Crippen LogP contribution in [0.4, 0.5) is 0 Å². The van der Waals surface area contributed by atoms with Gasteiger partial charge in [0, 0.05) is 45.5 Å². The Morgan fingerprint density at radius 1 is 1.22 bits per heavy atom. The molecule has 18 heavy (non-hydrogen) atoms. The highest BCUT2D eigenvalue weighted by Gasteiger charge is 2.24. The molecular weight excluding hydrogens is 232 g/mol. The van der Waals surface area contributed by atoms with E-state index in [2.05, 4.69) is 11.8 Å². The summed E-state index contributed by atoms with van der Waals surface area (Å²) in [5.41, 5.74) is 5.48. The predicted molar refractivity (Wildman–Crippen MR) is 73.7 cm³/mol. The maximum atomic E-state index is 9.23. The summed E-state index contributed by atoms with van der Waals surface area (Å²) < 4.78 is 10.2. The summed E-state index contributed by atoms with van der Waals surface area (Å²) in [6.45, 7) is 7.33. The van der Waals surface area contributed by atoms with Crippen LogP contribution >= 0.6 is 0 Å². The average Bonchev–Trinajstić information content (AvgIpc) is 2.33. The lowest BCUT2D eigenvalue weighted by Gasteiger charge is -2.34. The van der Waals surface area contributed by atoms with Gasteiger partial charge in [0.05, 0.1) is 13.2 Å². The van der Waals surface area contributed by atoms with E-state index in [1.807, 2.05) is 6.92 Å². The van der Waals surface area contributed by atoms with E-state index in [4.69, 9.17) is 15.2 Å². The smallest absolute Gasteiger partial charge is 0.0609 e. The van der Waals surface area contributed by atoms with Crippen LogP contribution in [-0.2, 0) is 9.47 Å². The number of hydrogen-bond acceptors (Lipinski definition) is 5. The zero-order valence-corrected chi connectivity index (χ0v) is 12.3. The number of aliphatic hydroxyl groups excluding tert-OH is 1. The molecule has 0 rings (SSSR count). The number of hydrogen-bond donors (Lipinski definition) is 2. The van der Waals surface area contributed by atoms with E-state index in [1.165, 1.54) is 0 Å². The van der Waals surface area contributed by atoms with Crippen LogP contribution in [0.3, 0.4) is 0 Å². The molecule has 0 radical (unpaired) electrons. The summed E-state index contributed by atoms with van der Waals surface area (Å²) in [5, 5.41) is 9.23. The van der Waals surface area contributed by atoms with Crippen molar-refractivity contribution in [1.82, 2.24) is 4.90 Å². The van der Waals surface area contributed by atoms with Gasteiger partial charge in [0.1, 0.15) is 0 Å². The topological polar surface area (TPSA) is 68.0 Å². The van der Waals surface area contributed by atoms with E-state index in [9.17, 15) is 5.11 Å². The van der Waals surface area contributed by atoms with Crippen LogP contribution < -0.4 is 5.73 Å². The standard InChI is InChI=1S/C13H30N2O3/c1-12(10-13(2,14)11-16)15(7-9-18-4)6-5-8-17-3/h12,16H,5-11,14H2,1-4H3. The summed E-state index contributed by atoms with van der Waals surface area (Å²) in [6.07, 6.45) is 1.76. The second-order valence-corrected chi connectivity index (χ2v) is 5.24. The Morgan fingerprint density at radius 3 is 2.33 bits per heavy atom.